The number of aromatic amines is 1. The lowest BCUT2D eigenvalue weighted by molar-refractivity contribution is -0.123. The first kappa shape index (κ1) is 27.1. The number of fused-ring (bicyclic) bond motifs is 1. The van der Waals surface area contributed by atoms with Gasteiger partial charge in [0.25, 0.3) is 0 Å². The van der Waals surface area contributed by atoms with Gasteiger partial charge in [-0.3, -0.25) is 9.69 Å². The monoisotopic (exact) mass is 549 g/mol. The maximum Gasteiger partial charge on any atom is 0.178 e. The number of carbonyl (C=O) groups excluding carboxylic acids is 1. The highest BCUT2D eigenvalue weighted by atomic mass is 32.2. The van der Waals surface area contributed by atoms with Gasteiger partial charge in [-0.2, -0.15) is 0 Å². The molecule has 1 aliphatic rings. The molecule has 0 saturated carbocycles. The molecule has 1 atom stereocenters. The van der Waals surface area contributed by atoms with Crippen LogP contribution < -0.4 is 5.32 Å². The second-order valence-electron chi connectivity index (χ2n) is 10.1. The summed E-state index contributed by atoms with van der Waals surface area (Å²) in [7, 11) is -3.70. The minimum absolute atomic E-state index is 0.0501. The van der Waals surface area contributed by atoms with Crippen LogP contribution in [0.25, 0.3) is 22.2 Å². The van der Waals surface area contributed by atoms with Gasteiger partial charge in [-0.15, -0.1) is 0 Å². The third-order valence-electron chi connectivity index (χ3n) is 7.40. The number of H-pyrrole nitrogens is 1. The van der Waals surface area contributed by atoms with Gasteiger partial charge in [-0.05, 0) is 36.6 Å². The number of para-hydroxylation sites is 1. The molecule has 0 amide bonds. The molecule has 1 fully saturated rings. The first-order valence-corrected chi connectivity index (χ1v) is 14.9. The van der Waals surface area contributed by atoms with Gasteiger partial charge in [-0.1, -0.05) is 30.3 Å². The Kier molecular flexibility index (Phi) is 7.61. The first-order chi connectivity index (χ1) is 18.6. The number of halogens is 1. The number of hydrogen-bond acceptors (Lipinski definition) is 7. The summed E-state index contributed by atoms with van der Waals surface area (Å²) in [4.78, 5) is 27.5. The molecule has 0 bridgehead atoms. The summed E-state index contributed by atoms with van der Waals surface area (Å²) in [6.07, 6.45) is 4.93. The number of ketones is 1. The zero-order valence-electron chi connectivity index (χ0n) is 22.3. The van der Waals surface area contributed by atoms with Gasteiger partial charge >= 0.3 is 0 Å². The number of sulfone groups is 1. The van der Waals surface area contributed by atoms with Crippen molar-refractivity contribution in [2.24, 2.45) is 0 Å². The highest BCUT2D eigenvalue weighted by molar-refractivity contribution is 7.90. The van der Waals surface area contributed by atoms with Gasteiger partial charge in [0.05, 0.1) is 11.7 Å². The van der Waals surface area contributed by atoms with Crippen LogP contribution in [0.15, 0.2) is 53.7 Å². The van der Waals surface area contributed by atoms with Crippen LogP contribution in [0.3, 0.4) is 0 Å². The maximum atomic E-state index is 15.0. The van der Waals surface area contributed by atoms with Crippen LogP contribution in [0, 0.1) is 12.7 Å². The van der Waals surface area contributed by atoms with Crippen molar-refractivity contribution in [3.8, 4) is 11.3 Å². The van der Waals surface area contributed by atoms with E-state index in [0.717, 1.165) is 60.0 Å². The number of nitrogens with zero attached hydrogens (tertiary/aromatic N) is 3. The number of aryl methyl sites for hydroxylation is 1. The van der Waals surface area contributed by atoms with Gasteiger partial charge in [-0.25, -0.2) is 22.8 Å². The Balaban J connectivity index is 1.44. The Morgan fingerprint density at radius 2 is 1.85 bits per heavy atom. The van der Waals surface area contributed by atoms with E-state index in [4.69, 9.17) is 4.98 Å². The fourth-order valence-corrected chi connectivity index (χ4v) is 5.94. The average Bonchev–Trinajstić information content (AvgIpc) is 3.35. The molecule has 204 valence electrons. The van der Waals surface area contributed by atoms with Crippen molar-refractivity contribution in [2.75, 3.05) is 32.4 Å². The van der Waals surface area contributed by atoms with E-state index in [1.165, 1.54) is 12.1 Å². The molecule has 5 rings (SSSR count). The Morgan fingerprint density at radius 1 is 1.13 bits per heavy atom. The largest absolute Gasteiger partial charge is 0.360 e. The minimum atomic E-state index is -3.70. The summed E-state index contributed by atoms with van der Waals surface area (Å²) in [6, 6.07) is 10.1. The van der Waals surface area contributed by atoms with E-state index in [-0.39, 0.29) is 28.7 Å². The minimum Gasteiger partial charge on any atom is -0.360 e. The lowest BCUT2D eigenvalue weighted by Gasteiger charge is -2.31. The summed E-state index contributed by atoms with van der Waals surface area (Å²) < 4.78 is 38.9. The van der Waals surface area contributed by atoms with Crippen LogP contribution in [0.4, 0.5) is 4.39 Å². The predicted octanol–water partition coefficient (Wildman–Crippen LogP) is 3.47. The van der Waals surface area contributed by atoms with Gasteiger partial charge in [0.2, 0.25) is 0 Å². The van der Waals surface area contributed by atoms with E-state index in [2.05, 4.69) is 20.2 Å². The number of rotatable bonds is 8. The molecule has 0 aliphatic carbocycles. The van der Waals surface area contributed by atoms with E-state index < -0.39 is 15.7 Å². The summed E-state index contributed by atoms with van der Waals surface area (Å²) in [6.45, 7) is 7.40. The topological polar surface area (TPSA) is 108 Å². The lowest BCUT2D eigenvalue weighted by Crippen LogP contribution is -2.50. The molecule has 0 unspecified atom stereocenters. The molecule has 1 aliphatic heterocycles. The number of nitrogens with one attached hydrogen (secondary N) is 2. The Morgan fingerprint density at radius 3 is 2.59 bits per heavy atom. The second kappa shape index (κ2) is 11.0. The van der Waals surface area contributed by atoms with Crippen LogP contribution in [0.5, 0.6) is 0 Å². The summed E-state index contributed by atoms with van der Waals surface area (Å²) >= 11 is 0. The Labute approximate surface area is 227 Å². The smallest absolute Gasteiger partial charge is 0.178 e. The molecular weight excluding hydrogens is 517 g/mol. The quantitative estimate of drug-likeness (QED) is 0.347. The van der Waals surface area contributed by atoms with E-state index in [9.17, 15) is 17.6 Å². The van der Waals surface area contributed by atoms with Crippen LogP contribution in [-0.4, -0.2) is 72.5 Å². The van der Waals surface area contributed by atoms with Gasteiger partial charge < -0.3 is 10.3 Å². The molecule has 0 spiro atoms. The molecular formula is C29H32FN5O3S. The average molecular weight is 550 g/mol. The Bertz CT molecular complexity index is 1640. The summed E-state index contributed by atoms with van der Waals surface area (Å²) in [5, 5.41) is 4.26. The number of aromatic nitrogens is 3. The molecule has 3 heterocycles. The number of benzene rings is 2. The number of carbonyl (C=O) groups is 1. The van der Waals surface area contributed by atoms with Gasteiger partial charge in [0.1, 0.15) is 16.5 Å². The first-order valence-electron chi connectivity index (χ1n) is 13.0. The van der Waals surface area contributed by atoms with Crippen molar-refractivity contribution >= 4 is 26.5 Å². The van der Waals surface area contributed by atoms with Crippen molar-refractivity contribution in [3.05, 3.63) is 77.1 Å². The summed E-state index contributed by atoms with van der Waals surface area (Å²) in [5.41, 5.74) is 4.44. The molecule has 8 nitrogen and oxygen atoms in total. The van der Waals surface area contributed by atoms with Gasteiger partial charge in [0.15, 0.2) is 15.6 Å². The fraction of sp³-hybridized carbons (Fsp3) is 0.345. The van der Waals surface area contributed by atoms with Crippen LogP contribution in [-0.2, 0) is 27.5 Å². The van der Waals surface area contributed by atoms with Crippen LogP contribution >= 0.6 is 0 Å². The zero-order chi connectivity index (χ0) is 27.7. The second-order valence-corrected chi connectivity index (χ2v) is 12.1. The SMILES string of the molecule is Cc1cnc(Cc2cccc(S(C)(=O)=O)c2F)nc1-c1c[nH]c2c(CC(=O)[C@H](C)N3CCNCC3)cccc12. The van der Waals surface area contributed by atoms with Crippen molar-refractivity contribution < 1.29 is 17.6 Å². The maximum absolute atomic E-state index is 15.0. The lowest BCUT2D eigenvalue weighted by atomic mass is 9.99. The number of piperazine rings is 1. The molecule has 39 heavy (non-hydrogen) atoms. The molecule has 0 radical (unpaired) electrons. The molecule has 10 heteroatoms. The third-order valence-corrected chi connectivity index (χ3v) is 8.51. The predicted molar refractivity (Wildman–Crippen MR) is 149 cm³/mol. The van der Waals surface area contributed by atoms with Gasteiger partial charge in [0, 0.05) is 74.1 Å². The molecule has 2 aromatic carbocycles. The van der Waals surface area contributed by atoms with Crippen LogP contribution in [0.2, 0.25) is 0 Å². The fourth-order valence-electron chi connectivity index (χ4n) is 5.15. The zero-order valence-corrected chi connectivity index (χ0v) is 23.1. The van der Waals surface area contributed by atoms with E-state index in [0.29, 0.717) is 17.9 Å². The van der Waals surface area contributed by atoms with E-state index >= 15 is 0 Å². The Hall–Kier alpha value is -3.47. The van der Waals surface area contributed by atoms with Crippen molar-refractivity contribution in [1.82, 2.24) is 25.2 Å². The third kappa shape index (κ3) is 5.63. The molecule has 2 aromatic heterocycles. The van der Waals surface area contributed by atoms with Crippen LogP contribution in [0.1, 0.15) is 29.4 Å². The van der Waals surface area contributed by atoms with Crippen molar-refractivity contribution in [3.63, 3.8) is 0 Å². The number of Topliss-reactive ketones (excluding diaryl/α,β-unsaturated/α-hetero) is 1. The van der Waals surface area contributed by atoms with Crippen molar-refractivity contribution in [2.45, 2.75) is 37.6 Å². The van der Waals surface area contributed by atoms with E-state index in [1.807, 2.05) is 38.2 Å². The standard InChI is InChI=1S/C29H32FN5O3S/c1-18-16-32-26(15-20-6-5-9-25(27(20)30)39(3,37)38)34-28(18)23-17-33-29-21(7-4-8-22(23)29)14-24(36)19(2)35-12-10-31-11-13-35/h4-9,16-17,19,31,33H,10-15H2,1-3H3/t19-/m0/s1. The highest BCUT2D eigenvalue weighted by Crippen LogP contribution is 2.32. The van der Waals surface area contributed by atoms with E-state index in [1.54, 1.807) is 12.3 Å². The normalized spacial score (nSPS) is 15.5. The molecule has 1 saturated heterocycles. The summed E-state index contributed by atoms with van der Waals surface area (Å²) in [5.74, 6) is -0.216. The number of hydrogen-bond donors (Lipinski definition) is 2. The highest BCUT2D eigenvalue weighted by Gasteiger charge is 2.24. The molecule has 2 N–H and O–H groups in total. The molecule has 4 aromatic rings. The van der Waals surface area contributed by atoms with Crippen molar-refractivity contribution in [1.29, 1.82) is 0 Å².